The topological polar surface area (TPSA) is 78.0 Å². The molecule has 1 heterocycles. The van der Waals surface area contributed by atoms with Crippen LogP contribution in [0, 0.1) is 6.92 Å². The first-order chi connectivity index (χ1) is 9.63. The molecule has 0 radical (unpaired) electrons. The van der Waals surface area contributed by atoms with Gasteiger partial charge in [0.1, 0.15) is 0 Å². The van der Waals surface area contributed by atoms with Gasteiger partial charge in [0.25, 0.3) is 5.91 Å². The van der Waals surface area contributed by atoms with E-state index in [0.717, 1.165) is 42.1 Å². The second-order valence-corrected chi connectivity index (χ2v) is 5.72. The van der Waals surface area contributed by atoms with Gasteiger partial charge in [-0.1, -0.05) is 24.5 Å². The summed E-state index contributed by atoms with van der Waals surface area (Å²) in [5, 5.41) is 20.4. The van der Waals surface area contributed by atoms with Gasteiger partial charge in [0.15, 0.2) is 5.69 Å². The molecule has 5 nitrogen and oxygen atoms in total. The number of nitrogens with zero attached hydrogens (tertiary/aromatic N) is 1. The molecule has 20 heavy (non-hydrogen) atoms. The molecule has 106 valence electrons. The number of aromatic nitrogens is 2. The van der Waals surface area contributed by atoms with Gasteiger partial charge in [-0.05, 0) is 31.9 Å². The first-order valence-corrected chi connectivity index (χ1v) is 7.02. The Morgan fingerprint density at radius 1 is 1.45 bits per heavy atom. The molecule has 1 aromatic heterocycles. The van der Waals surface area contributed by atoms with Gasteiger partial charge in [0.05, 0.1) is 17.7 Å². The van der Waals surface area contributed by atoms with Crippen molar-refractivity contribution in [3.05, 3.63) is 29.5 Å². The zero-order chi connectivity index (χ0) is 14.2. The number of hydrogen-bond donors (Lipinski definition) is 3. The van der Waals surface area contributed by atoms with Gasteiger partial charge in [0.2, 0.25) is 0 Å². The van der Waals surface area contributed by atoms with Crippen LogP contribution in [0.4, 0.5) is 0 Å². The van der Waals surface area contributed by atoms with Crippen LogP contribution in [0.1, 0.15) is 41.7 Å². The normalized spacial score (nSPS) is 17.5. The standard InChI is InChI=1S/C15H19N3O2/c1-10-4-5-12-11(8-10)13(18-17-12)14(20)16-15(9-19)6-2-3-7-15/h4-5,8,19H,2-3,6-7,9H2,1H3,(H,16,20)(H,17,18). The van der Waals surface area contributed by atoms with Crippen molar-refractivity contribution in [3.8, 4) is 0 Å². The summed E-state index contributed by atoms with van der Waals surface area (Å²) in [6, 6.07) is 5.86. The monoisotopic (exact) mass is 273 g/mol. The van der Waals surface area contributed by atoms with Crippen LogP contribution in [0.5, 0.6) is 0 Å². The third-order valence-electron chi connectivity index (χ3n) is 4.18. The first kappa shape index (κ1) is 13.1. The zero-order valence-corrected chi connectivity index (χ0v) is 11.6. The molecule has 0 unspecified atom stereocenters. The summed E-state index contributed by atoms with van der Waals surface area (Å²) in [5.41, 5.74) is 1.88. The SMILES string of the molecule is Cc1ccc2[nH]nc(C(=O)NC3(CO)CCCC3)c2c1. The molecule has 1 fully saturated rings. The fourth-order valence-electron chi connectivity index (χ4n) is 2.98. The number of amides is 1. The van der Waals surface area contributed by atoms with E-state index in [-0.39, 0.29) is 12.5 Å². The van der Waals surface area contributed by atoms with E-state index in [4.69, 9.17) is 0 Å². The van der Waals surface area contributed by atoms with Crippen LogP contribution < -0.4 is 5.32 Å². The van der Waals surface area contributed by atoms with Gasteiger partial charge < -0.3 is 10.4 Å². The van der Waals surface area contributed by atoms with E-state index in [1.54, 1.807) is 0 Å². The highest BCUT2D eigenvalue weighted by Gasteiger charge is 2.35. The molecule has 1 saturated carbocycles. The number of hydrogen-bond acceptors (Lipinski definition) is 3. The summed E-state index contributed by atoms with van der Waals surface area (Å²) in [5.74, 6) is -0.210. The minimum Gasteiger partial charge on any atom is -0.394 e. The van der Waals surface area contributed by atoms with Crippen molar-refractivity contribution in [1.82, 2.24) is 15.5 Å². The summed E-state index contributed by atoms with van der Waals surface area (Å²) in [7, 11) is 0. The van der Waals surface area contributed by atoms with E-state index in [1.807, 2.05) is 25.1 Å². The fraction of sp³-hybridized carbons (Fsp3) is 0.467. The van der Waals surface area contributed by atoms with Gasteiger partial charge in [-0.2, -0.15) is 5.10 Å². The molecule has 0 saturated heterocycles. The Morgan fingerprint density at radius 3 is 2.90 bits per heavy atom. The van der Waals surface area contributed by atoms with Crippen LogP contribution in [0.15, 0.2) is 18.2 Å². The van der Waals surface area contributed by atoms with Gasteiger partial charge in [-0.25, -0.2) is 0 Å². The molecule has 1 aromatic carbocycles. The molecule has 0 spiro atoms. The maximum absolute atomic E-state index is 12.4. The number of rotatable bonds is 3. The second-order valence-electron chi connectivity index (χ2n) is 5.72. The lowest BCUT2D eigenvalue weighted by Gasteiger charge is -2.27. The lowest BCUT2D eigenvalue weighted by molar-refractivity contribution is 0.0835. The van der Waals surface area contributed by atoms with E-state index in [0.29, 0.717) is 5.69 Å². The average Bonchev–Trinajstić information content (AvgIpc) is 3.05. The highest BCUT2D eigenvalue weighted by atomic mass is 16.3. The summed E-state index contributed by atoms with van der Waals surface area (Å²) >= 11 is 0. The van der Waals surface area contributed by atoms with Crippen LogP contribution in [-0.4, -0.2) is 33.4 Å². The Kier molecular flexibility index (Phi) is 3.22. The molecular weight excluding hydrogens is 254 g/mol. The van der Waals surface area contributed by atoms with Crippen LogP contribution in [-0.2, 0) is 0 Å². The minimum atomic E-state index is -0.466. The maximum Gasteiger partial charge on any atom is 0.272 e. The average molecular weight is 273 g/mol. The van der Waals surface area contributed by atoms with Crippen molar-refractivity contribution >= 4 is 16.8 Å². The quantitative estimate of drug-likeness (QED) is 0.799. The van der Waals surface area contributed by atoms with Crippen LogP contribution >= 0.6 is 0 Å². The molecule has 1 aliphatic carbocycles. The molecule has 5 heteroatoms. The van der Waals surface area contributed by atoms with E-state index in [9.17, 15) is 9.90 Å². The summed E-state index contributed by atoms with van der Waals surface area (Å²) in [4.78, 5) is 12.4. The number of fused-ring (bicyclic) bond motifs is 1. The highest BCUT2D eigenvalue weighted by Crippen LogP contribution is 2.29. The van der Waals surface area contributed by atoms with Crippen molar-refractivity contribution < 1.29 is 9.90 Å². The van der Waals surface area contributed by atoms with E-state index in [1.165, 1.54) is 0 Å². The Bertz CT molecular complexity index is 642. The van der Waals surface area contributed by atoms with Crippen molar-refractivity contribution in [3.63, 3.8) is 0 Å². The van der Waals surface area contributed by atoms with Crippen LogP contribution in [0.25, 0.3) is 10.9 Å². The fourth-order valence-corrected chi connectivity index (χ4v) is 2.98. The molecule has 2 aromatic rings. The Balaban J connectivity index is 1.90. The van der Waals surface area contributed by atoms with Crippen LogP contribution in [0.3, 0.4) is 0 Å². The first-order valence-electron chi connectivity index (χ1n) is 7.02. The van der Waals surface area contributed by atoms with Crippen molar-refractivity contribution in [2.75, 3.05) is 6.61 Å². The predicted molar refractivity (Wildman–Crippen MR) is 76.6 cm³/mol. The third kappa shape index (κ3) is 2.18. The lowest BCUT2D eigenvalue weighted by Crippen LogP contribution is -2.49. The molecule has 0 atom stereocenters. The maximum atomic E-state index is 12.4. The zero-order valence-electron chi connectivity index (χ0n) is 11.6. The molecule has 1 aliphatic rings. The van der Waals surface area contributed by atoms with Crippen molar-refractivity contribution in [2.24, 2.45) is 0 Å². The second kappa shape index (κ2) is 4.90. The molecular formula is C15H19N3O2. The highest BCUT2D eigenvalue weighted by molar-refractivity contribution is 6.05. The predicted octanol–water partition coefficient (Wildman–Crippen LogP) is 1.91. The Hall–Kier alpha value is -1.88. The number of aliphatic hydroxyl groups excluding tert-OH is 1. The van der Waals surface area contributed by atoms with Gasteiger partial charge in [-0.15, -0.1) is 0 Å². The Labute approximate surface area is 117 Å². The number of aryl methyl sites for hydroxylation is 1. The molecule has 3 N–H and O–H groups in total. The van der Waals surface area contributed by atoms with Gasteiger partial charge in [-0.3, -0.25) is 9.89 Å². The van der Waals surface area contributed by atoms with Crippen molar-refractivity contribution in [2.45, 2.75) is 38.1 Å². The van der Waals surface area contributed by atoms with E-state index >= 15 is 0 Å². The molecule has 1 amide bonds. The number of H-pyrrole nitrogens is 1. The minimum absolute atomic E-state index is 0.0138. The summed E-state index contributed by atoms with van der Waals surface area (Å²) < 4.78 is 0. The largest absolute Gasteiger partial charge is 0.394 e. The lowest BCUT2D eigenvalue weighted by atomic mass is 9.98. The van der Waals surface area contributed by atoms with Crippen LogP contribution in [0.2, 0.25) is 0 Å². The molecule has 0 aliphatic heterocycles. The number of aliphatic hydroxyl groups is 1. The van der Waals surface area contributed by atoms with Crippen molar-refractivity contribution in [1.29, 1.82) is 0 Å². The number of aromatic amines is 1. The molecule has 3 rings (SSSR count). The smallest absolute Gasteiger partial charge is 0.272 e. The number of carbonyl (C=O) groups is 1. The Morgan fingerprint density at radius 2 is 2.20 bits per heavy atom. The number of carbonyl (C=O) groups excluding carboxylic acids is 1. The van der Waals surface area contributed by atoms with E-state index < -0.39 is 5.54 Å². The van der Waals surface area contributed by atoms with Gasteiger partial charge >= 0.3 is 0 Å². The number of nitrogens with one attached hydrogen (secondary N) is 2. The van der Waals surface area contributed by atoms with E-state index in [2.05, 4.69) is 15.5 Å². The third-order valence-corrected chi connectivity index (χ3v) is 4.18. The summed E-state index contributed by atoms with van der Waals surface area (Å²) in [6.45, 7) is 1.97. The molecule has 0 bridgehead atoms. The number of benzene rings is 1. The summed E-state index contributed by atoms with van der Waals surface area (Å²) in [6.07, 6.45) is 3.75. The van der Waals surface area contributed by atoms with Gasteiger partial charge in [0, 0.05) is 5.39 Å².